The monoisotopic (exact) mass is 434 g/mol. The molecule has 0 bridgehead atoms. The molecule has 0 aromatic carbocycles. The molecular weight excluding hydrogens is 396 g/mol. The summed E-state index contributed by atoms with van der Waals surface area (Å²) in [6.45, 7) is 4.91. The maximum atomic E-state index is 6.43. The zero-order valence-electron chi connectivity index (χ0n) is 19.0. The molecule has 1 saturated carbocycles. The van der Waals surface area contributed by atoms with Crippen LogP contribution in [0.25, 0.3) is 5.70 Å². The van der Waals surface area contributed by atoms with Gasteiger partial charge >= 0.3 is 0 Å². The highest BCUT2D eigenvalue weighted by Gasteiger charge is 2.19. The van der Waals surface area contributed by atoms with Crippen LogP contribution in [0.5, 0.6) is 5.75 Å². The molecule has 0 spiro atoms. The van der Waals surface area contributed by atoms with E-state index in [0.29, 0.717) is 29.5 Å². The summed E-state index contributed by atoms with van der Waals surface area (Å²) in [5, 5.41) is 6.51. The van der Waals surface area contributed by atoms with Gasteiger partial charge < -0.3 is 26.1 Å². The number of ether oxygens (including phenoxy) is 2. The Morgan fingerprint density at radius 1 is 1.23 bits per heavy atom. The third-order valence-corrected chi connectivity index (χ3v) is 5.28. The van der Waals surface area contributed by atoms with Gasteiger partial charge in [-0.3, -0.25) is 5.01 Å². The molecule has 1 aromatic heterocycles. The number of amidine groups is 1. The summed E-state index contributed by atoms with van der Waals surface area (Å²) in [6, 6.07) is 3.76. The fourth-order valence-electron chi connectivity index (χ4n) is 3.47. The number of aryl methyl sites for hydroxylation is 1. The number of hydrogen-bond acceptors (Lipinski definition) is 9. The molecule has 8 N–H and O–H groups in total. The molecule has 1 aliphatic carbocycles. The molecule has 1 aromatic rings. The highest BCUT2D eigenvalue weighted by Crippen LogP contribution is 2.26. The summed E-state index contributed by atoms with van der Waals surface area (Å²) in [7, 11) is 1.69. The van der Waals surface area contributed by atoms with Crippen LogP contribution in [0.3, 0.4) is 0 Å². The zero-order valence-corrected chi connectivity index (χ0v) is 19.0. The van der Waals surface area contributed by atoms with Gasteiger partial charge in [-0.1, -0.05) is 13.3 Å². The Hall–Kier alpha value is -2.56. The fourth-order valence-corrected chi connectivity index (χ4v) is 3.47. The lowest BCUT2D eigenvalue weighted by molar-refractivity contribution is 0.153. The van der Waals surface area contributed by atoms with E-state index in [0.717, 1.165) is 30.7 Å². The van der Waals surface area contributed by atoms with Crippen LogP contribution in [0.4, 0.5) is 0 Å². The Morgan fingerprint density at radius 3 is 2.52 bits per heavy atom. The van der Waals surface area contributed by atoms with Crippen LogP contribution in [-0.2, 0) is 4.74 Å². The van der Waals surface area contributed by atoms with Gasteiger partial charge in [0.1, 0.15) is 12.4 Å². The van der Waals surface area contributed by atoms with E-state index in [9.17, 15) is 0 Å². The molecule has 10 nitrogen and oxygen atoms in total. The van der Waals surface area contributed by atoms with Crippen molar-refractivity contribution in [1.82, 2.24) is 15.0 Å². The number of nitrogens with two attached hydrogens (primary N) is 4. The number of nitrogens with zero attached hydrogens (tertiary/aromatic N) is 4. The van der Waals surface area contributed by atoms with Crippen LogP contribution in [0.15, 0.2) is 22.9 Å². The Morgan fingerprint density at radius 2 is 1.94 bits per heavy atom. The number of hydrazine groups is 2. The van der Waals surface area contributed by atoms with Gasteiger partial charge in [-0.2, -0.15) is 5.10 Å². The van der Waals surface area contributed by atoms with Crippen molar-refractivity contribution in [2.24, 2.45) is 28.4 Å². The van der Waals surface area contributed by atoms with Crippen LogP contribution >= 0.6 is 0 Å². The first-order valence-corrected chi connectivity index (χ1v) is 10.9. The van der Waals surface area contributed by atoms with Gasteiger partial charge in [0.2, 0.25) is 0 Å². The van der Waals surface area contributed by atoms with E-state index in [1.165, 1.54) is 29.3 Å². The van der Waals surface area contributed by atoms with Gasteiger partial charge in [0.25, 0.3) is 0 Å². The number of likely N-dealkylation sites (N-methyl/N-ethyl adjacent to an activating group) is 1. The van der Waals surface area contributed by atoms with Crippen molar-refractivity contribution in [3.8, 4) is 5.75 Å². The first-order valence-electron chi connectivity index (χ1n) is 10.9. The topological polar surface area (TPSA) is 154 Å². The molecule has 1 heterocycles. The second-order valence-corrected chi connectivity index (χ2v) is 7.85. The van der Waals surface area contributed by atoms with Crippen LogP contribution in [0.1, 0.15) is 56.8 Å². The average molecular weight is 435 g/mol. The molecule has 2 rings (SSSR count). The molecule has 1 aliphatic rings. The van der Waals surface area contributed by atoms with Crippen LogP contribution in [0, 0.1) is 6.92 Å². The van der Waals surface area contributed by atoms with Crippen molar-refractivity contribution in [1.29, 1.82) is 0 Å². The molecule has 0 aliphatic heterocycles. The smallest absolute Gasteiger partial charge is 0.164 e. The molecular formula is C21H38N8O2. The Bertz CT molecular complexity index is 760. The van der Waals surface area contributed by atoms with Gasteiger partial charge in [0.15, 0.2) is 5.84 Å². The maximum absolute atomic E-state index is 6.43. The first kappa shape index (κ1) is 24.7. The zero-order chi connectivity index (χ0) is 22.8. The number of rotatable bonds is 10. The van der Waals surface area contributed by atoms with Crippen molar-refractivity contribution in [2.45, 2.75) is 58.5 Å². The molecule has 174 valence electrons. The summed E-state index contributed by atoms with van der Waals surface area (Å²) in [6.07, 6.45) is 7.03. The summed E-state index contributed by atoms with van der Waals surface area (Å²) in [4.78, 5) is 4.65. The minimum absolute atomic E-state index is 0.186. The number of hydrogen-bond donors (Lipinski definition) is 4. The lowest BCUT2D eigenvalue weighted by atomic mass is 9.98. The van der Waals surface area contributed by atoms with Crippen molar-refractivity contribution in [3.63, 3.8) is 0 Å². The van der Waals surface area contributed by atoms with E-state index in [1.807, 2.05) is 26.0 Å². The largest absolute Gasteiger partial charge is 0.489 e. The third-order valence-electron chi connectivity index (χ3n) is 5.28. The van der Waals surface area contributed by atoms with E-state index in [2.05, 4.69) is 10.1 Å². The molecule has 1 fully saturated rings. The predicted molar refractivity (Wildman–Crippen MR) is 123 cm³/mol. The predicted octanol–water partition coefficient (Wildman–Crippen LogP) is 1.41. The summed E-state index contributed by atoms with van der Waals surface area (Å²) >= 11 is 0. The van der Waals surface area contributed by atoms with E-state index in [4.69, 9.17) is 32.7 Å². The standard InChI is InChI=1S/C21H38N8O2/c1-4-12-30-14-20(27-23)29(25)13-18(28(3)24)21(22)17-10-11-19(15(2)26-17)31-16-8-6-5-7-9-16/h10-11,16H,4-9,12-14,22-25H2,1-3H3/b21-18-,27-20-. The molecule has 0 unspecified atom stereocenters. The summed E-state index contributed by atoms with van der Waals surface area (Å²) in [5.41, 5.74) is 8.80. The van der Waals surface area contributed by atoms with E-state index in [-0.39, 0.29) is 19.3 Å². The van der Waals surface area contributed by atoms with Crippen molar-refractivity contribution in [3.05, 3.63) is 29.2 Å². The summed E-state index contributed by atoms with van der Waals surface area (Å²) in [5.74, 6) is 18.8. The van der Waals surface area contributed by atoms with E-state index in [1.54, 1.807) is 7.05 Å². The van der Waals surface area contributed by atoms with Crippen LogP contribution < -0.4 is 28.0 Å². The molecule has 31 heavy (non-hydrogen) atoms. The van der Waals surface area contributed by atoms with Gasteiger partial charge in [-0.15, -0.1) is 0 Å². The van der Waals surface area contributed by atoms with Crippen molar-refractivity contribution < 1.29 is 9.47 Å². The first-order chi connectivity index (χ1) is 14.9. The average Bonchev–Trinajstić information content (AvgIpc) is 2.76. The highest BCUT2D eigenvalue weighted by atomic mass is 16.5. The number of aromatic nitrogens is 1. The quantitative estimate of drug-likeness (QED) is 0.141. The van der Waals surface area contributed by atoms with Gasteiger partial charge in [-0.05, 0) is 51.2 Å². The molecule has 0 atom stereocenters. The van der Waals surface area contributed by atoms with Crippen LogP contribution in [-0.4, -0.2) is 53.7 Å². The van der Waals surface area contributed by atoms with Gasteiger partial charge in [-0.25, -0.2) is 16.7 Å². The number of hydrazone groups is 1. The van der Waals surface area contributed by atoms with Gasteiger partial charge in [0, 0.05) is 13.7 Å². The summed E-state index contributed by atoms with van der Waals surface area (Å²) < 4.78 is 11.6. The SMILES string of the molecule is CCCOC/C(=N/N)N(N)C/C(=C(/N)c1ccc(OC2CCCCC2)c(C)n1)N(C)N. The third kappa shape index (κ3) is 7.27. The van der Waals surface area contributed by atoms with E-state index >= 15 is 0 Å². The number of pyridine rings is 1. The van der Waals surface area contributed by atoms with Crippen molar-refractivity contribution >= 4 is 11.5 Å². The molecule has 0 radical (unpaired) electrons. The normalized spacial score (nSPS) is 16.1. The molecule has 10 heteroatoms. The second-order valence-electron chi connectivity index (χ2n) is 7.85. The Labute approximate surface area is 185 Å². The molecule has 0 saturated heterocycles. The Kier molecular flexibility index (Phi) is 9.83. The second kappa shape index (κ2) is 12.3. The van der Waals surface area contributed by atoms with E-state index < -0.39 is 0 Å². The van der Waals surface area contributed by atoms with Gasteiger partial charge in [0.05, 0.1) is 35.4 Å². The Balaban J connectivity index is 2.16. The maximum Gasteiger partial charge on any atom is 0.164 e. The molecule has 0 amide bonds. The highest BCUT2D eigenvalue weighted by molar-refractivity contribution is 5.83. The van der Waals surface area contributed by atoms with Crippen molar-refractivity contribution in [2.75, 3.05) is 26.8 Å². The fraction of sp³-hybridized carbons (Fsp3) is 0.619. The lowest BCUT2D eigenvalue weighted by Gasteiger charge is -2.26. The minimum Gasteiger partial charge on any atom is -0.489 e. The minimum atomic E-state index is 0.186. The lowest BCUT2D eigenvalue weighted by Crippen LogP contribution is -2.45. The van der Waals surface area contributed by atoms with Crippen LogP contribution in [0.2, 0.25) is 0 Å².